The maximum atomic E-state index is 13.1. The molecule has 1 heterocycles. The summed E-state index contributed by atoms with van der Waals surface area (Å²) in [4.78, 5) is 39.4. The molecule has 0 fully saturated rings. The minimum absolute atomic E-state index is 0.0278. The van der Waals surface area contributed by atoms with Gasteiger partial charge in [0.25, 0.3) is 5.69 Å². The molecular weight excluding hydrogens is 454 g/mol. The number of nitrogens with zero attached hydrogens (tertiary/aromatic N) is 3. The van der Waals surface area contributed by atoms with Crippen LogP contribution in [-0.4, -0.2) is 74.1 Å². The molecule has 3 rings (SSSR count). The largest absolute Gasteiger partial charge is 0.493 e. The first-order valence-corrected chi connectivity index (χ1v) is 11.1. The van der Waals surface area contributed by atoms with Crippen LogP contribution in [0.3, 0.4) is 0 Å². The highest BCUT2D eigenvalue weighted by atomic mass is 16.6. The SMILES string of the molecule is COCCN(CC(=O)N1CCc2cc(OC)c(OC)cc2C1)C(=O)/C=C/c1ccc([N+](=O)[O-])cc1. The summed E-state index contributed by atoms with van der Waals surface area (Å²) in [5.41, 5.74) is 2.69. The van der Waals surface area contributed by atoms with E-state index in [-0.39, 0.29) is 37.2 Å². The van der Waals surface area contributed by atoms with Gasteiger partial charge in [-0.05, 0) is 53.5 Å². The van der Waals surface area contributed by atoms with Crippen molar-refractivity contribution in [3.05, 3.63) is 69.3 Å². The van der Waals surface area contributed by atoms with Crippen LogP contribution in [0, 0.1) is 10.1 Å². The molecule has 186 valence electrons. The van der Waals surface area contributed by atoms with Crippen molar-refractivity contribution in [1.82, 2.24) is 9.80 Å². The van der Waals surface area contributed by atoms with Crippen molar-refractivity contribution >= 4 is 23.6 Å². The van der Waals surface area contributed by atoms with Crippen LogP contribution in [0.4, 0.5) is 5.69 Å². The topological polar surface area (TPSA) is 111 Å². The van der Waals surface area contributed by atoms with Crippen molar-refractivity contribution in [1.29, 1.82) is 0 Å². The maximum Gasteiger partial charge on any atom is 0.269 e. The van der Waals surface area contributed by atoms with Crippen molar-refractivity contribution in [3.63, 3.8) is 0 Å². The van der Waals surface area contributed by atoms with Gasteiger partial charge >= 0.3 is 0 Å². The maximum absolute atomic E-state index is 13.1. The van der Waals surface area contributed by atoms with Crippen molar-refractivity contribution in [2.24, 2.45) is 0 Å². The zero-order chi connectivity index (χ0) is 25.4. The van der Waals surface area contributed by atoms with Gasteiger partial charge in [0.1, 0.15) is 6.54 Å². The standard InChI is InChI=1S/C25H29N3O7/c1-33-13-12-27(24(29)9-6-18-4-7-21(8-5-18)28(31)32)17-25(30)26-11-10-19-14-22(34-2)23(35-3)15-20(19)16-26/h4-9,14-15H,10-13,16-17H2,1-3H3/b9-6+. The molecule has 0 unspecified atom stereocenters. The summed E-state index contributed by atoms with van der Waals surface area (Å²) in [5.74, 6) is 0.743. The van der Waals surface area contributed by atoms with Gasteiger partial charge in [0.05, 0.1) is 25.7 Å². The number of carbonyl (C=O) groups is 2. The van der Waals surface area contributed by atoms with Gasteiger partial charge in [-0.2, -0.15) is 0 Å². The van der Waals surface area contributed by atoms with E-state index in [1.807, 2.05) is 12.1 Å². The number of nitro groups is 1. The molecular formula is C25H29N3O7. The van der Waals surface area contributed by atoms with Gasteiger partial charge in [0.2, 0.25) is 11.8 Å². The second kappa shape index (κ2) is 12.0. The lowest BCUT2D eigenvalue weighted by atomic mass is 9.98. The summed E-state index contributed by atoms with van der Waals surface area (Å²) in [5, 5.41) is 10.8. The first kappa shape index (κ1) is 25.7. The highest BCUT2D eigenvalue weighted by Crippen LogP contribution is 2.33. The smallest absolute Gasteiger partial charge is 0.269 e. The lowest BCUT2D eigenvalue weighted by Crippen LogP contribution is -2.45. The van der Waals surface area contributed by atoms with Crippen LogP contribution in [0.1, 0.15) is 16.7 Å². The molecule has 0 saturated carbocycles. The normalized spacial score (nSPS) is 12.8. The Balaban J connectivity index is 1.68. The van der Waals surface area contributed by atoms with Crippen LogP contribution in [0.25, 0.3) is 6.08 Å². The van der Waals surface area contributed by atoms with E-state index in [0.717, 1.165) is 11.1 Å². The van der Waals surface area contributed by atoms with Crippen LogP contribution in [0.5, 0.6) is 11.5 Å². The summed E-state index contributed by atoms with van der Waals surface area (Å²) >= 11 is 0. The average Bonchev–Trinajstić information content (AvgIpc) is 2.88. The molecule has 0 spiro atoms. The lowest BCUT2D eigenvalue weighted by Gasteiger charge is -2.31. The summed E-state index contributed by atoms with van der Waals surface area (Å²) in [6.45, 7) is 1.40. The van der Waals surface area contributed by atoms with E-state index in [1.54, 1.807) is 37.3 Å². The van der Waals surface area contributed by atoms with E-state index in [2.05, 4.69) is 0 Å². The van der Waals surface area contributed by atoms with Crippen molar-refractivity contribution in [3.8, 4) is 11.5 Å². The van der Waals surface area contributed by atoms with Gasteiger partial charge < -0.3 is 24.0 Å². The predicted molar refractivity (Wildman–Crippen MR) is 129 cm³/mol. The van der Waals surface area contributed by atoms with Crippen LogP contribution in [-0.2, 0) is 27.3 Å². The number of non-ortho nitro benzene ring substituents is 1. The van der Waals surface area contributed by atoms with E-state index >= 15 is 0 Å². The molecule has 1 aliphatic heterocycles. The Hall–Kier alpha value is -3.92. The third kappa shape index (κ3) is 6.57. The first-order chi connectivity index (χ1) is 16.9. The number of hydrogen-bond donors (Lipinski definition) is 0. The molecule has 0 bridgehead atoms. The second-order valence-electron chi connectivity index (χ2n) is 7.98. The Morgan fingerprint density at radius 2 is 1.74 bits per heavy atom. The molecule has 0 atom stereocenters. The Morgan fingerprint density at radius 1 is 1.09 bits per heavy atom. The lowest BCUT2D eigenvalue weighted by molar-refractivity contribution is -0.384. The summed E-state index contributed by atoms with van der Waals surface area (Å²) in [7, 11) is 4.69. The summed E-state index contributed by atoms with van der Waals surface area (Å²) in [6.07, 6.45) is 3.59. The molecule has 10 heteroatoms. The number of hydrogen-bond acceptors (Lipinski definition) is 7. The minimum atomic E-state index is -0.484. The number of benzene rings is 2. The fraction of sp³-hybridized carbons (Fsp3) is 0.360. The summed E-state index contributed by atoms with van der Waals surface area (Å²) in [6, 6.07) is 9.67. The quantitative estimate of drug-likeness (QED) is 0.290. The van der Waals surface area contributed by atoms with Crippen LogP contribution < -0.4 is 9.47 Å². The number of rotatable bonds is 10. The highest BCUT2D eigenvalue weighted by molar-refractivity contribution is 5.94. The van der Waals surface area contributed by atoms with Gasteiger partial charge in [-0.1, -0.05) is 0 Å². The molecule has 0 aromatic heterocycles. The number of amides is 2. The van der Waals surface area contributed by atoms with E-state index in [0.29, 0.717) is 36.6 Å². The number of methoxy groups -OCH3 is 3. The third-order valence-electron chi connectivity index (χ3n) is 5.80. The Morgan fingerprint density at radius 3 is 2.34 bits per heavy atom. The number of fused-ring (bicyclic) bond motifs is 1. The molecule has 0 N–H and O–H groups in total. The molecule has 2 aromatic carbocycles. The number of nitro benzene ring substituents is 1. The first-order valence-electron chi connectivity index (χ1n) is 11.1. The van der Waals surface area contributed by atoms with E-state index < -0.39 is 4.92 Å². The van der Waals surface area contributed by atoms with Crippen molar-refractivity contribution in [2.75, 3.05) is 47.6 Å². The minimum Gasteiger partial charge on any atom is -0.493 e. The highest BCUT2D eigenvalue weighted by Gasteiger charge is 2.25. The van der Waals surface area contributed by atoms with Crippen molar-refractivity contribution < 1.29 is 28.7 Å². The molecule has 35 heavy (non-hydrogen) atoms. The van der Waals surface area contributed by atoms with Crippen LogP contribution in [0.15, 0.2) is 42.5 Å². The van der Waals surface area contributed by atoms with Crippen LogP contribution in [0.2, 0.25) is 0 Å². The van der Waals surface area contributed by atoms with Gasteiger partial charge in [-0.25, -0.2) is 0 Å². The second-order valence-corrected chi connectivity index (χ2v) is 7.98. The predicted octanol–water partition coefficient (Wildman–Crippen LogP) is 2.69. The zero-order valence-corrected chi connectivity index (χ0v) is 20.1. The third-order valence-corrected chi connectivity index (χ3v) is 5.80. The fourth-order valence-electron chi connectivity index (χ4n) is 3.81. The average molecular weight is 484 g/mol. The molecule has 10 nitrogen and oxygen atoms in total. The number of carbonyl (C=O) groups excluding carboxylic acids is 2. The monoisotopic (exact) mass is 483 g/mol. The van der Waals surface area contributed by atoms with E-state index in [1.165, 1.54) is 30.2 Å². The van der Waals surface area contributed by atoms with Crippen molar-refractivity contribution in [2.45, 2.75) is 13.0 Å². The van der Waals surface area contributed by atoms with Crippen LogP contribution >= 0.6 is 0 Å². The van der Waals surface area contributed by atoms with E-state index in [4.69, 9.17) is 14.2 Å². The zero-order valence-electron chi connectivity index (χ0n) is 20.1. The van der Waals surface area contributed by atoms with Gasteiger partial charge in [0, 0.05) is 45.0 Å². The van der Waals surface area contributed by atoms with E-state index in [9.17, 15) is 19.7 Å². The molecule has 2 amide bonds. The molecule has 0 radical (unpaired) electrons. The van der Waals surface area contributed by atoms with Gasteiger partial charge in [-0.3, -0.25) is 19.7 Å². The Labute approximate surface area is 203 Å². The molecule has 0 aliphatic carbocycles. The molecule has 0 saturated heterocycles. The Bertz CT molecular complexity index is 1100. The summed E-state index contributed by atoms with van der Waals surface area (Å²) < 4.78 is 15.9. The molecule has 2 aromatic rings. The van der Waals surface area contributed by atoms with Gasteiger partial charge in [-0.15, -0.1) is 0 Å². The number of ether oxygens (including phenoxy) is 3. The molecule has 1 aliphatic rings. The van der Waals surface area contributed by atoms with Gasteiger partial charge in [0.15, 0.2) is 11.5 Å². The Kier molecular flexibility index (Phi) is 8.80. The fourth-order valence-corrected chi connectivity index (χ4v) is 3.81.